The Balaban J connectivity index is 2.11. The quantitative estimate of drug-likeness (QED) is 0.490. The summed E-state index contributed by atoms with van der Waals surface area (Å²) in [6.45, 7) is 0.936. The van der Waals surface area contributed by atoms with Crippen molar-refractivity contribution in [3.05, 3.63) is 64.7 Å². The second-order valence-electron chi connectivity index (χ2n) is 6.87. The van der Waals surface area contributed by atoms with Gasteiger partial charge in [0, 0.05) is 12.6 Å². The summed E-state index contributed by atoms with van der Waals surface area (Å²) >= 11 is 0. The molecule has 0 bridgehead atoms. The minimum atomic E-state index is -5.16. The number of nitrogens with one attached hydrogen (secondary N) is 2. The summed E-state index contributed by atoms with van der Waals surface area (Å²) in [5.41, 5.74) is -0.225. The summed E-state index contributed by atoms with van der Waals surface area (Å²) in [6.07, 6.45) is -10.3. The average Bonchev–Trinajstić information content (AvgIpc) is 2.70. The van der Waals surface area contributed by atoms with Crippen LogP contribution in [0.2, 0.25) is 0 Å². The maximum absolute atomic E-state index is 12.9. The molecular weight excluding hydrogens is 480 g/mol. The number of alkyl halides is 6. The molecule has 33 heavy (non-hydrogen) atoms. The number of carbonyl (C=O) groups excluding carboxylic acids is 2. The predicted molar refractivity (Wildman–Crippen MR) is 103 cm³/mol. The molecule has 14 heteroatoms. The molecule has 0 aliphatic rings. The minimum absolute atomic E-state index is 0.115. The fourth-order valence-corrected chi connectivity index (χ4v) is 3.63. The van der Waals surface area contributed by atoms with Crippen LogP contribution in [0.15, 0.2) is 47.4 Å². The summed E-state index contributed by atoms with van der Waals surface area (Å²) < 4.78 is 103. The molecule has 0 aromatic heterocycles. The molecule has 0 unspecified atom stereocenters. The van der Waals surface area contributed by atoms with Gasteiger partial charge in [-0.3, -0.25) is 20.4 Å². The molecule has 0 radical (unpaired) electrons. The lowest BCUT2D eigenvalue weighted by atomic mass is 10.0. The summed E-state index contributed by atoms with van der Waals surface area (Å²) in [6, 6.07) is 5.91. The maximum atomic E-state index is 12.9. The Kier molecular flexibility index (Phi) is 7.43. The Bertz CT molecular complexity index is 1110. The highest BCUT2D eigenvalue weighted by Gasteiger charge is 2.37. The van der Waals surface area contributed by atoms with Crippen LogP contribution in [0, 0.1) is 6.92 Å². The van der Waals surface area contributed by atoms with Gasteiger partial charge in [-0.05, 0) is 37.3 Å². The molecule has 2 aromatic rings. The van der Waals surface area contributed by atoms with Crippen molar-refractivity contribution in [2.75, 3.05) is 13.6 Å². The van der Waals surface area contributed by atoms with Gasteiger partial charge in [-0.25, -0.2) is 8.42 Å². The molecule has 0 fully saturated rings. The van der Waals surface area contributed by atoms with E-state index in [2.05, 4.69) is 0 Å². The van der Waals surface area contributed by atoms with E-state index >= 15 is 0 Å². The van der Waals surface area contributed by atoms with Gasteiger partial charge in [0.2, 0.25) is 10.0 Å². The van der Waals surface area contributed by atoms with Crippen LogP contribution in [0.25, 0.3) is 0 Å². The summed E-state index contributed by atoms with van der Waals surface area (Å²) in [5.74, 6) is -2.56. The van der Waals surface area contributed by atoms with Gasteiger partial charge < -0.3 is 0 Å². The van der Waals surface area contributed by atoms with Gasteiger partial charge in [0.1, 0.15) is 0 Å². The van der Waals surface area contributed by atoms with Gasteiger partial charge in [0.25, 0.3) is 11.8 Å². The Hall–Kier alpha value is -3.13. The first-order chi connectivity index (χ1) is 15.0. The second-order valence-corrected chi connectivity index (χ2v) is 8.92. The van der Waals surface area contributed by atoms with Gasteiger partial charge >= 0.3 is 12.4 Å². The van der Waals surface area contributed by atoms with Crippen molar-refractivity contribution in [3.8, 4) is 0 Å². The number of benzene rings is 2. The van der Waals surface area contributed by atoms with E-state index in [1.54, 1.807) is 17.8 Å². The third kappa shape index (κ3) is 6.68. The number of likely N-dealkylation sites (N-methyl/N-ethyl adjacent to an activating group) is 1. The molecule has 0 aliphatic heterocycles. The van der Waals surface area contributed by atoms with E-state index in [0.717, 1.165) is 12.6 Å². The molecule has 0 atom stereocenters. The zero-order valence-electron chi connectivity index (χ0n) is 17.0. The van der Waals surface area contributed by atoms with Crippen LogP contribution in [0.4, 0.5) is 26.3 Å². The van der Waals surface area contributed by atoms with Crippen LogP contribution in [-0.4, -0.2) is 38.1 Å². The second kappa shape index (κ2) is 9.39. The van der Waals surface area contributed by atoms with Crippen molar-refractivity contribution < 1.29 is 44.3 Å². The van der Waals surface area contributed by atoms with E-state index in [1.165, 1.54) is 24.3 Å². The fraction of sp³-hybridized carbons (Fsp3) is 0.263. The molecule has 0 saturated heterocycles. The topological polar surface area (TPSA) is 95.6 Å². The fourth-order valence-electron chi connectivity index (χ4n) is 2.50. The molecule has 2 rings (SSSR count). The Morgan fingerprint density at radius 1 is 0.879 bits per heavy atom. The molecule has 0 heterocycles. The molecule has 2 N–H and O–H groups in total. The number of nitrogens with zero attached hydrogens (tertiary/aromatic N) is 1. The first kappa shape index (κ1) is 26.1. The van der Waals surface area contributed by atoms with Crippen LogP contribution in [-0.2, 0) is 27.2 Å². The predicted octanol–water partition coefficient (Wildman–Crippen LogP) is 3.11. The van der Waals surface area contributed by atoms with Crippen molar-refractivity contribution in [3.63, 3.8) is 0 Å². The third-order valence-corrected chi connectivity index (χ3v) is 6.08. The molecular formula is C19H17F6N3O4S. The minimum Gasteiger partial charge on any atom is -0.272 e. The average molecular weight is 497 g/mol. The Morgan fingerprint density at radius 2 is 1.36 bits per heavy atom. The van der Waals surface area contributed by atoms with Crippen molar-refractivity contribution >= 4 is 21.8 Å². The molecule has 0 spiro atoms. The van der Waals surface area contributed by atoms with Crippen LogP contribution >= 0.6 is 0 Å². The van der Waals surface area contributed by atoms with Gasteiger partial charge in [-0.2, -0.15) is 30.6 Å². The van der Waals surface area contributed by atoms with Gasteiger partial charge in [0.15, 0.2) is 0 Å². The van der Waals surface area contributed by atoms with Gasteiger partial charge in [0.05, 0.1) is 22.6 Å². The molecule has 7 nitrogen and oxygen atoms in total. The number of rotatable bonds is 5. The monoisotopic (exact) mass is 497 g/mol. The standard InChI is InChI=1S/C19H17F6N3O4S/c1-11-3-5-15(6-4-11)33(31,32)28(2)10-16(29)26-27-17(30)12-7-13(18(20,21)22)9-14(8-12)19(23,24)25/h3-9H,10H2,1-2H3,(H,26,29)(H,27,30). The van der Waals surface area contributed by atoms with E-state index in [9.17, 15) is 44.3 Å². The number of amides is 2. The Morgan fingerprint density at radius 3 is 1.82 bits per heavy atom. The highest BCUT2D eigenvalue weighted by Crippen LogP contribution is 2.36. The van der Waals surface area contributed by atoms with Crippen molar-refractivity contribution in [1.82, 2.24) is 15.2 Å². The summed E-state index contributed by atoms with van der Waals surface area (Å²) in [4.78, 5) is 23.9. The van der Waals surface area contributed by atoms with Crippen LogP contribution in [0.5, 0.6) is 0 Å². The Labute approximate surface area is 184 Å². The lowest BCUT2D eigenvalue weighted by Crippen LogP contribution is -2.46. The van der Waals surface area contributed by atoms with Gasteiger partial charge in [-0.1, -0.05) is 17.7 Å². The first-order valence-electron chi connectivity index (χ1n) is 8.93. The number of hydrazine groups is 1. The smallest absolute Gasteiger partial charge is 0.272 e. The van der Waals surface area contributed by atoms with E-state index in [1.807, 2.05) is 0 Å². The van der Waals surface area contributed by atoms with Gasteiger partial charge in [-0.15, -0.1) is 0 Å². The molecule has 2 aromatic carbocycles. The normalized spacial score (nSPS) is 12.5. The molecule has 180 valence electrons. The maximum Gasteiger partial charge on any atom is 0.416 e. The molecule has 0 aliphatic carbocycles. The van der Waals surface area contributed by atoms with Crippen molar-refractivity contribution in [2.45, 2.75) is 24.2 Å². The number of aryl methyl sites for hydroxylation is 1. The number of halogens is 6. The summed E-state index contributed by atoms with van der Waals surface area (Å²) in [5, 5.41) is 0. The van der Waals surface area contributed by atoms with Crippen molar-refractivity contribution in [2.24, 2.45) is 0 Å². The zero-order chi connectivity index (χ0) is 25.2. The van der Waals surface area contributed by atoms with E-state index in [0.29, 0.717) is 4.31 Å². The highest BCUT2D eigenvalue weighted by molar-refractivity contribution is 7.89. The SMILES string of the molecule is Cc1ccc(S(=O)(=O)N(C)CC(=O)NNC(=O)c2cc(C(F)(F)F)cc(C(F)(F)F)c2)cc1. The van der Waals surface area contributed by atoms with Crippen molar-refractivity contribution in [1.29, 1.82) is 0 Å². The number of hydrogen-bond donors (Lipinski definition) is 2. The van der Waals surface area contributed by atoms with Crippen LogP contribution in [0.3, 0.4) is 0 Å². The van der Waals surface area contributed by atoms with Crippen LogP contribution in [0.1, 0.15) is 27.0 Å². The van der Waals surface area contributed by atoms with E-state index in [4.69, 9.17) is 0 Å². The largest absolute Gasteiger partial charge is 0.416 e. The number of hydrogen-bond acceptors (Lipinski definition) is 4. The first-order valence-corrected chi connectivity index (χ1v) is 10.4. The van der Waals surface area contributed by atoms with Crippen LogP contribution < -0.4 is 10.9 Å². The lowest BCUT2D eigenvalue weighted by Gasteiger charge is -2.17. The highest BCUT2D eigenvalue weighted by atomic mass is 32.2. The molecule has 2 amide bonds. The third-order valence-electron chi connectivity index (χ3n) is 4.26. The van der Waals surface area contributed by atoms with E-state index in [-0.39, 0.29) is 23.1 Å². The molecule has 0 saturated carbocycles. The number of carbonyl (C=O) groups is 2. The number of sulfonamides is 1. The zero-order valence-corrected chi connectivity index (χ0v) is 17.8. The summed E-state index contributed by atoms with van der Waals surface area (Å²) in [7, 11) is -3.01. The lowest BCUT2D eigenvalue weighted by molar-refractivity contribution is -0.143. The van der Waals surface area contributed by atoms with E-state index < -0.39 is 57.4 Å².